The number of hydrogen-bond donors (Lipinski definition) is 2. The van der Waals surface area contributed by atoms with Gasteiger partial charge in [0.2, 0.25) is 5.91 Å². The van der Waals surface area contributed by atoms with E-state index in [1.807, 2.05) is 0 Å². The summed E-state index contributed by atoms with van der Waals surface area (Å²) in [7, 11) is 2.97. The maximum atomic E-state index is 13.2. The van der Waals surface area contributed by atoms with Crippen LogP contribution in [0.5, 0.6) is 0 Å². The lowest BCUT2D eigenvalue weighted by Gasteiger charge is -2.25. The zero-order valence-electron chi connectivity index (χ0n) is 19.7. The van der Waals surface area contributed by atoms with E-state index in [4.69, 9.17) is 20.6 Å². The van der Waals surface area contributed by atoms with Crippen LogP contribution in [0.25, 0.3) is 0 Å². The van der Waals surface area contributed by atoms with Crippen molar-refractivity contribution in [3.8, 4) is 12.3 Å². The monoisotopic (exact) mass is 475 g/mol. The molecule has 186 valence electrons. The smallest absolute Gasteiger partial charge is 0.257 e. The topological polar surface area (TPSA) is 123 Å². The summed E-state index contributed by atoms with van der Waals surface area (Å²) in [6.07, 6.45) is 6.55. The van der Waals surface area contributed by atoms with E-state index in [-0.39, 0.29) is 36.5 Å². The van der Waals surface area contributed by atoms with Crippen LogP contribution in [0.1, 0.15) is 33.6 Å². The second-order valence-corrected chi connectivity index (χ2v) is 7.13. The quantitative estimate of drug-likeness (QED) is 0.181. The van der Waals surface area contributed by atoms with E-state index in [1.165, 1.54) is 25.1 Å². The molecule has 1 atom stereocenters. The molecule has 2 N–H and O–H groups in total. The summed E-state index contributed by atoms with van der Waals surface area (Å²) in [5.74, 6) is 1.64. The molecule has 0 fully saturated rings. The number of carbonyl (C=O) groups excluding carboxylic acids is 4. The molecule has 0 aromatic heterocycles. The molecule has 0 bridgehead atoms. The van der Waals surface area contributed by atoms with E-state index in [2.05, 4.69) is 16.6 Å². The first-order valence-electron chi connectivity index (χ1n) is 10.9. The molecule has 0 aliphatic heterocycles. The largest absolute Gasteiger partial charge is 0.382 e. The number of rotatable bonds is 18. The van der Waals surface area contributed by atoms with E-state index >= 15 is 0 Å². The minimum atomic E-state index is -0.808. The molecule has 1 rings (SSSR count). The summed E-state index contributed by atoms with van der Waals surface area (Å²) in [5, 5.41) is 5.58. The first-order valence-corrected chi connectivity index (χ1v) is 10.9. The molecule has 0 heterocycles. The molecule has 10 heteroatoms. The summed E-state index contributed by atoms with van der Waals surface area (Å²) < 4.78 is 15.9. The predicted octanol–water partition coefficient (Wildman–Crippen LogP) is 0.760. The first-order chi connectivity index (χ1) is 16.5. The summed E-state index contributed by atoms with van der Waals surface area (Å²) >= 11 is 0. The lowest BCUT2D eigenvalue weighted by molar-refractivity contribution is -0.121. The first kappa shape index (κ1) is 28.8. The van der Waals surface area contributed by atoms with Crippen molar-refractivity contribution in [3.05, 3.63) is 29.3 Å². The van der Waals surface area contributed by atoms with Crippen LogP contribution in [0.15, 0.2) is 18.2 Å². The second-order valence-electron chi connectivity index (χ2n) is 7.13. The highest BCUT2D eigenvalue weighted by molar-refractivity contribution is 6.06. The van der Waals surface area contributed by atoms with Crippen molar-refractivity contribution in [2.45, 2.75) is 18.9 Å². The van der Waals surface area contributed by atoms with E-state index in [0.717, 1.165) is 0 Å². The lowest BCUT2D eigenvalue weighted by atomic mass is 10.0. The zero-order valence-corrected chi connectivity index (χ0v) is 19.7. The molecule has 0 spiro atoms. The van der Waals surface area contributed by atoms with Gasteiger partial charge in [-0.15, -0.1) is 6.42 Å². The van der Waals surface area contributed by atoms with Crippen molar-refractivity contribution in [2.75, 3.05) is 65.6 Å². The molecule has 0 saturated carbocycles. The van der Waals surface area contributed by atoms with Gasteiger partial charge in [0.1, 0.15) is 12.9 Å². The third-order valence-corrected chi connectivity index (χ3v) is 4.85. The Hall–Kier alpha value is -3.26. The number of carbonyl (C=O) groups is 4. The molecule has 0 saturated heterocycles. The summed E-state index contributed by atoms with van der Waals surface area (Å²) in [4.78, 5) is 49.1. The number of benzene rings is 1. The van der Waals surface area contributed by atoms with Crippen LogP contribution in [0.2, 0.25) is 0 Å². The van der Waals surface area contributed by atoms with Crippen LogP contribution in [0.3, 0.4) is 0 Å². The standard InChI is InChI=1S/C24H33N3O7/c1-4-11-32-13-15-34-16-14-33-12-10-26-21-7-5-6-19(17-28)23(21)24(31)27(3)20(18-29)8-9-22(30)25-2/h1,5-7,17-18,20,26H,8-16H2,2-3H3,(H,25,30). The average molecular weight is 476 g/mol. The van der Waals surface area contributed by atoms with Gasteiger partial charge in [-0.3, -0.25) is 14.4 Å². The maximum Gasteiger partial charge on any atom is 0.257 e. The number of amides is 2. The number of anilines is 1. The molecule has 1 aromatic carbocycles. The lowest BCUT2D eigenvalue weighted by Crippen LogP contribution is -2.39. The molecule has 1 unspecified atom stereocenters. The minimum Gasteiger partial charge on any atom is -0.382 e. The number of nitrogens with one attached hydrogen (secondary N) is 2. The second kappa shape index (κ2) is 17.2. The molecular weight excluding hydrogens is 442 g/mol. The predicted molar refractivity (Wildman–Crippen MR) is 127 cm³/mol. The normalized spacial score (nSPS) is 11.2. The van der Waals surface area contributed by atoms with Gasteiger partial charge >= 0.3 is 0 Å². The Morgan fingerprint density at radius 1 is 1.12 bits per heavy atom. The van der Waals surface area contributed by atoms with Crippen molar-refractivity contribution in [2.24, 2.45) is 0 Å². The van der Waals surface area contributed by atoms with Crippen molar-refractivity contribution in [3.63, 3.8) is 0 Å². The third kappa shape index (κ3) is 10.1. The van der Waals surface area contributed by atoms with Crippen LogP contribution in [-0.2, 0) is 23.8 Å². The fourth-order valence-electron chi connectivity index (χ4n) is 2.97. The molecule has 0 aliphatic rings. The van der Waals surface area contributed by atoms with Crippen LogP contribution >= 0.6 is 0 Å². The highest BCUT2D eigenvalue weighted by Gasteiger charge is 2.25. The average Bonchev–Trinajstić information content (AvgIpc) is 2.86. The van der Waals surface area contributed by atoms with E-state index in [0.29, 0.717) is 57.8 Å². The van der Waals surface area contributed by atoms with Gasteiger partial charge in [-0.05, 0) is 12.5 Å². The summed E-state index contributed by atoms with van der Waals surface area (Å²) in [6, 6.07) is 4.05. The minimum absolute atomic E-state index is 0.0942. The van der Waals surface area contributed by atoms with Gasteiger partial charge in [0.05, 0.1) is 44.6 Å². The zero-order chi connectivity index (χ0) is 25.2. The molecule has 34 heavy (non-hydrogen) atoms. The van der Waals surface area contributed by atoms with Crippen molar-refractivity contribution in [1.82, 2.24) is 10.2 Å². The van der Waals surface area contributed by atoms with Crippen LogP contribution < -0.4 is 10.6 Å². The van der Waals surface area contributed by atoms with Crippen molar-refractivity contribution in [1.29, 1.82) is 0 Å². The van der Waals surface area contributed by atoms with Gasteiger partial charge in [-0.25, -0.2) is 0 Å². The van der Waals surface area contributed by atoms with Gasteiger partial charge in [0.15, 0.2) is 6.29 Å². The number of ether oxygens (including phenoxy) is 3. The Morgan fingerprint density at radius 2 is 1.79 bits per heavy atom. The van der Waals surface area contributed by atoms with E-state index < -0.39 is 11.9 Å². The Labute approximate surface area is 200 Å². The maximum absolute atomic E-state index is 13.2. The third-order valence-electron chi connectivity index (χ3n) is 4.85. The van der Waals surface area contributed by atoms with Crippen molar-refractivity contribution >= 4 is 30.1 Å². The molecular formula is C24H33N3O7. The summed E-state index contributed by atoms with van der Waals surface area (Å²) in [5.41, 5.74) is 0.796. The number of terminal acetylenes is 1. The van der Waals surface area contributed by atoms with Gasteiger partial charge in [0.25, 0.3) is 5.91 Å². The Kier molecular flexibility index (Phi) is 14.6. The Morgan fingerprint density at radius 3 is 2.41 bits per heavy atom. The highest BCUT2D eigenvalue weighted by Crippen LogP contribution is 2.22. The van der Waals surface area contributed by atoms with Gasteiger partial charge in [-0.2, -0.15) is 0 Å². The van der Waals surface area contributed by atoms with E-state index in [1.54, 1.807) is 12.1 Å². The SMILES string of the molecule is C#CCOCCOCCOCCNc1cccc(C=O)c1C(=O)N(C)C(C=O)CCC(=O)NC. The van der Waals surface area contributed by atoms with Crippen LogP contribution in [-0.4, -0.2) is 95.6 Å². The summed E-state index contributed by atoms with van der Waals surface area (Å²) in [6.45, 7) is 2.60. The number of nitrogens with zero attached hydrogens (tertiary/aromatic N) is 1. The number of likely N-dealkylation sites (N-methyl/N-ethyl adjacent to an activating group) is 1. The fourth-order valence-corrected chi connectivity index (χ4v) is 2.97. The van der Waals surface area contributed by atoms with E-state index in [9.17, 15) is 19.2 Å². The van der Waals surface area contributed by atoms with Gasteiger partial charge in [0, 0.05) is 38.3 Å². The highest BCUT2D eigenvalue weighted by atomic mass is 16.5. The van der Waals surface area contributed by atoms with Crippen LogP contribution in [0.4, 0.5) is 5.69 Å². The van der Waals surface area contributed by atoms with Crippen molar-refractivity contribution < 1.29 is 33.4 Å². The van der Waals surface area contributed by atoms with Gasteiger partial charge < -0.3 is 34.5 Å². The van der Waals surface area contributed by atoms with Gasteiger partial charge in [-0.1, -0.05) is 18.1 Å². The number of aldehydes is 2. The fraction of sp³-hybridized carbons (Fsp3) is 0.500. The molecule has 2 amide bonds. The molecule has 10 nitrogen and oxygen atoms in total. The Bertz CT molecular complexity index is 838. The number of hydrogen-bond acceptors (Lipinski definition) is 8. The molecule has 1 aromatic rings. The molecule has 0 aliphatic carbocycles. The molecule has 0 radical (unpaired) electrons. The van der Waals surface area contributed by atoms with Crippen LogP contribution in [0, 0.1) is 12.3 Å². The Balaban J connectivity index is 2.63.